The van der Waals surface area contributed by atoms with Gasteiger partial charge in [-0.1, -0.05) is 34.1 Å². The second-order valence-corrected chi connectivity index (χ2v) is 9.49. The van der Waals surface area contributed by atoms with E-state index in [2.05, 4.69) is 27.7 Å². The Bertz CT molecular complexity index is 376. The molecule has 0 spiro atoms. The fraction of sp³-hybridized carbons (Fsp3) is 1.00. The highest BCUT2D eigenvalue weighted by Crippen LogP contribution is 2.64. The van der Waals surface area contributed by atoms with Crippen LogP contribution in [0.2, 0.25) is 0 Å². The Morgan fingerprint density at radius 1 is 1.05 bits per heavy atom. The standard InChI is InChI=1S/C20H36O/c1-14(2)15-6-8-17-16(12-15)7-9-18-19(3,13-21)10-5-11-20(17,18)4/h14-18,21H,5-13H2,1-4H3/t15-,16-,17-,18-,19-,20+/m0/s1. The lowest BCUT2D eigenvalue weighted by Crippen LogP contribution is -2.54. The molecule has 0 heterocycles. The van der Waals surface area contributed by atoms with E-state index < -0.39 is 0 Å². The minimum Gasteiger partial charge on any atom is -0.396 e. The highest BCUT2D eigenvalue weighted by molar-refractivity contribution is 5.05. The van der Waals surface area contributed by atoms with Gasteiger partial charge in [-0.2, -0.15) is 0 Å². The molecule has 1 heteroatoms. The third-order valence-corrected chi connectivity index (χ3v) is 8.10. The monoisotopic (exact) mass is 292 g/mol. The molecule has 6 atom stereocenters. The molecule has 3 fully saturated rings. The molecule has 21 heavy (non-hydrogen) atoms. The second-order valence-electron chi connectivity index (χ2n) is 9.49. The summed E-state index contributed by atoms with van der Waals surface area (Å²) in [4.78, 5) is 0. The number of hydrogen-bond donors (Lipinski definition) is 1. The van der Waals surface area contributed by atoms with E-state index in [4.69, 9.17) is 0 Å². The molecule has 0 aliphatic heterocycles. The molecular weight excluding hydrogens is 256 g/mol. The van der Waals surface area contributed by atoms with Gasteiger partial charge in [0.05, 0.1) is 0 Å². The summed E-state index contributed by atoms with van der Waals surface area (Å²) in [7, 11) is 0. The Labute approximate surface area is 131 Å². The molecule has 122 valence electrons. The molecule has 0 aromatic rings. The Kier molecular flexibility index (Phi) is 4.19. The third-order valence-electron chi connectivity index (χ3n) is 8.10. The maximum Gasteiger partial charge on any atom is 0.0487 e. The maximum absolute atomic E-state index is 10.0. The summed E-state index contributed by atoms with van der Waals surface area (Å²) in [6, 6.07) is 0. The lowest BCUT2D eigenvalue weighted by molar-refractivity contribution is -0.135. The van der Waals surface area contributed by atoms with E-state index in [0.717, 1.165) is 29.6 Å². The summed E-state index contributed by atoms with van der Waals surface area (Å²) in [6.07, 6.45) is 11.2. The zero-order chi connectivity index (χ0) is 15.3. The molecule has 3 saturated carbocycles. The molecule has 0 aromatic heterocycles. The normalized spacial score (nSPS) is 50.6. The van der Waals surface area contributed by atoms with E-state index in [-0.39, 0.29) is 5.41 Å². The minimum atomic E-state index is 0.201. The van der Waals surface area contributed by atoms with Gasteiger partial charge in [-0.15, -0.1) is 0 Å². The number of aliphatic hydroxyl groups is 1. The summed E-state index contributed by atoms with van der Waals surface area (Å²) >= 11 is 0. The van der Waals surface area contributed by atoms with E-state index in [0.29, 0.717) is 12.0 Å². The molecule has 0 bridgehead atoms. The van der Waals surface area contributed by atoms with Gasteiger partial charge in [-0.3, -0.25) is 0 Å². The second kappa shape index (κ2) is 5.55. The van der Waals surface area contributed by atoms with Gasteiger partial charge in [0.15, 0.2) is 0 Å². The van der Waals surface area contributed by atoms with Crippen molar-refractivity contribution >= 4 is 0 Å². The Morgan fingerprint density at radius 3 is 2.48 bits per heavy atom. The first-order valence-electron chi connectivity index (χ1n) is 9.51. The highest BCUT2D eigenvalue weighted by Gasteiger charge is 2.56. The van der Waals surface area contributed by atoms with Gasteiger partial charge in [0.2, 0.25) is 0 Å². The fourth-order valence-electron chi connectivity index (χ4n) is 6.80. The summed E-state index contributed by atoms with van der Waals surface area (Å²) in [6.45, 7) is 10.2. The van der Waals surface area contributed by atoms with Crippen LogP contribution in [0.25, 0.3) is 0 Å². The van der Waals surface area contributed by atoms with Crippen molar-refractivity contribution in [1.82, 2.24) is 0 Å². The molecule has 0 aromatic carbocycles. The molecule has 1 nitrogen and oxygen atoms in total. The predicted molar refractivity (Wildman–Crippen MR) is 89.0 cm³/mol. The van der Waals surface area contributed by atoms with Crippen molar-refractivity contribution < 1.29 is 5.11 Å². The summed E-state index contributed by atoms with van der Waals surface area (Å²) < 4.78 is 0. The fourth-order valence-corrected chi connectivity index (χ4v) is 6.80. The van der Waals surface area contributed by atoms with Crippen LogP contribution < -0.4 is 0 Å². The number of fused-ring (bicyclic) bond motifs is 3. The quantitative estimate of drug-likeness (QED) is 0.734. The van der Waals surface area contributed by atoms with Crippen LogP contribution in [-0.4, -0.2) is 11.7 Å². The molecule has 0 amide bonds. The van der Waals surface area contributed by atoms with Gasteiger partial charge >= 0.3 is 0 Å². The van der Waals surface area contributed by atoms with Crippen molar-refractivity contribution in [3.05, 3.63) is 0 Å². The first kappa shape index (κ1) is 15.8. The molecule has 1 N–H and O–H groups in total. The van der Waals surface area contributed by atoms with E-state index in [9.17, 15) is 5.11 Å². The lowest BCUT2D eigenvalue weighted by atomic mass is 9.44. The number of rotatable bonds is 2. The van der Waals surface area contributed by atoms with Crippen molar-refractivity contribution in [3.8, 4) is 0 Å². The lowest BCUT2D eigenvalue weighted by Gasteiger charge is -2.61. The summed E-state index contributed by atoms with van der Waals surface area (Å²) in [5, 5.41) is 10.0. The van der Waals surface area contributed by atoms with E-state index in [1.807, 2.05) is 0 Å². The van der Waals surface area contributed by atoms with Crippen LogP contribution in [0.5, 0.6) is 0 Å². The summed E-state index contributed by atoms with van der Waals surface area (Å²) in [5.41, 5.74) is 0.716. The van der Waals surface area contributed by atoms with E-state index in [1.54, 1.807) is 0 Å². The molecule has 3 rings (SSSR count). The SMILES string of the molecule is CC(C)[C@H]1CC[C@H]2[C@@H](CC[C@H]3[C@](C)(CO)CCC[C@]23C)C1. The van der Waals surface area contributed by atoms with E-state index in [1.165, 1.54) is 51.4 Å². The summed E-state index contributed by atoms with van der Waals surface area (Å²) in [5.74, 6) is 4.52. The van der Waals surface area contributed by atoms with E-state index >= 15 is 0 Å². The molecule has 3 aliphatic carbocycles. The predicted octanol–water partition coefficient (Wildman–Crippen LogP) is 5.27. The van der Waals surface area contributed by atoms with Gasteiger partial charge in [-0.05, 0) is 85.4 Å². The first-order valence-corrected chi connectivity index (χ1v) is 9.51. The minimum absolute atomic E-state index is 0.201. The van der Waals surface area contributed by atoms with Crippen molar-refractivity contribution in [2.45, 2.75) is 79.1 Å². The first-order chi connectivity index (χ1) is 9.90. The molecule has 0 radical (unpaired) electrons. The van der Waals surface area contributed by atoms with Crippen LogP contribution in [0.1, 0.15) is 79.1 Å². The third kappa shape index (κ3) is 2.48. The van der Waals surface area contributed by atoms with Crippen LogP contribution in [0.4, 0.5) is 0 Å². The van der Waals surface area contributed by atoms with Gasteiger partial charge < -0.3 is 5.11 Å². The van der Waals surface area contributed by atoms with Gasteiger partial charge in [0, 0.05) is 6.61 Å². The molecule has 0 unspecified atom stereocenters. The smallest absolute Gasteiger partial charge is 0.0487 e. The topological polar surface area (TPSA) is 20.2 Å². The number of aliphatic hydroxyl groups excluding tert-OH is 1. The molecule has 3 aliphatic rings. The largest absolute Gasteiger partial charge is 0.396 e. The molecule has 0 saturated heterocycles. The van der Waals surface area contributed by atoms with Crippen molar-refractivity contribution in [2.75, 3.05) is 6.61 Å². The van der Waals surface area contributed by atoms with Crippen LogP contribution in [0.3, 0.4) is 0 Å². The van der Waals surface area contributed by atoms with Gasteiger partial charge in [0.1, 0.15) is 0 Å². The van der Waals surface area contributed by atoms with Gasteiger partial charge in [0.25, 0.3) is 0 Å². The van der Waals surface area contributed by atoms with Crippen LogP contribution in [0, 0.1) is 40.4 Å². The Balaban J connectivity index is 1.82. The Hall–Kier alpha value is -0.0400. The van der Waals surface area contributed by atoms with Crippen molar-refractivity contribution in [3.63, 3.8) is 0 Å². The van der Waals surface area contributed by atoms with Crippen molar-refractivity contribution in [2.24, 2.45) is 40.4 Å². The van der Waals surface area contributed by atoms with Crippen molar-refractivity contribution in [1.29, 1.82) is 0 Å². The average molecular weight is 293 g/mol. The Morgan fingerprint density at radius 2 is 1.81 bits per heavy atom. The van der Waals surface area contributed by atoms with Gasteiger partial charge in [-0.25, -0.2) is 0 Å². The van der Waals surface area contributed by atoms with Crippen LogP contribution >= 0.6 is 0 Å². The molecular formula is C20H36O. The maximum atomic E-state index is 10.0. The van der Waals surface area contributed by atoms with Crippen LogP contribution in [-0.2, 0) is 0 Å². The zero-order valence-electron chi connectivity index (χ0n) is 14.7. The average Bonchev–Trinajstić information content (AvgIpc) is 2.46. The zero-order valence-corrected chi connectivity index (χ0v) is 14.7. The highest BCUT2D eigenvalue weighted by atomic mass is 16.3. The number of hydrogen-bond acceptors (Lipinski definition) is 1. The van der Waals surface area contributed by atoms with Crippen LogP contribution in [0.15, 0.2) is 0 Å².